The van der Waals surface area contributed by atoms with Crippen molar-refractivity contribution in [3.63, 3.8) is 0 Å². The van der Waals surface area contributed by atoms with Crippen LogP contribution in [0.3, 0.4) is 0 Å². The van der Waals surface area contributed by atoms with Crippen LogP contribution in [0.1, 0.15) is 24.1 Å². The van der Waals surface area contributed by atoms with Gasteiger partial charge in [-0.05, 0) is 55.4 Å². The monoisotopic (exact) mass is 442 g/mol. The lowest BCUT2D eigenvalue weighted by Gasteiger charge is -2.14. The number of nitrogens with one attached hydrogen (secondary N) is 2. The minimum Gasteiger partial charge on any atom is -0.495 e. The van der Waals surface area contributed by atoms with Crippen LogP contribution in [-0.4, -0.2) is 28.5 Å². The Balaban J connectivity index is 2.17. The van der Waals surface area contributed by atoms with Gasteiger partial charge < -0.3 is 10.1 Å². The Bertz CT molecular complexity index is 1010. The molecule has 2 N–H and O–H groups in total. The first-order chi connectivity index (χ1) is 13.2. The fraction of sp³-hybridized carbons (Fsp3) is 0.211. The van der Waals surface area contributed by atoms with Crippen molar-refractivity contribution >= 4 is 45.2 Å². The molecule has 0 aliphatic heterocycles. The Morgan fingerprint density at radius 1 is 1.18 bits per heavy atom. The lowest BCUT2D eigenvalue weighted by Crippen LogP contribution is -2.24. The van der Waals surface area contributed by atoms with Crippen LogP contribution >= 0.6 is 23.2 Å². The summed E-state index contributed by atoms with van der Waals surface area (Å²) in [5.41, 5.74) is 1.27. The SMILES string of the molecule is CNS(=O)(=O)c1cc(/C=C/C(=O)NC(C)c2ccc(Cl)cc2Cl)ccc1OC. The molecule has 0 spiro atoms. The van der Waals surface area contributed by atoms with Gasteiger partial charge in [0, 0.05) is 16.1 Å². The van der Waals surface area contributed by atoms with E-state index in [0.29, 0.717) is 15.6 Å². The molecule has 0 aromatic heterocycles. The number of hydrogen-bond donors (Lipinski definition) is 2. The molecule has 0 bridgehead atoms. The minimum atomic E-state index is -3.70. The van der Waals surface area contributed by atoms with Crippen LogP contribution < -0.4 is 14.8 Å². The van der Waals surface area contributed by atoms with Gasteiger partial charge in [-0.25, -0.2) is 13.1 Å². The van der Waals surface area contributed by atoms with Crippen molar-refractivity contribution in [1.82, 2.24) is 10.0 Å². The van der Waals surface area contributed by atoms with Crippen molar-refractivity contribution in [3.05, 3.63) is 63.6 Å². The molecule has 150 valence electrons. The van der Waals surface area contributed by atoms with Crippen LogP contribution in [0.2, 0.25) is 10.0 Å². The number of sulfonamides is 1. The molecule has 2 rings (SSSR count). The molecule has 1 atom stereocenters. The highest BCUT2D eigenvalue weighted by Gasteiger charge is 2.18. The van der Waals surface area contributed by atoms with E-state index < -0.39 is 10.0 Å². The van der Waals surface area contributed by atoms with E-state index in [1.807, 2.05) is 0 Å². The quantitative estimate of drug-likeness (QED) is 0.638. The van der Waals surface area contributed by atoms with Crippen molar-refractivity contribution in [2.75, 3.05) is 14.2 Å². The number of methoxy groups -OCH3 is 1. The van der Waals surface area contributed by atoms with Gasteiger partial charge in [-0.3, -0.25) is 4.79 Å². The molecule has 1 unspecified atom stereocenters. The van der Waals surface area contributed by atoms with Crippen LogP contribution in [0.4, 0.5) is 0 Å². The van der Waals surface area contributed by atoms with Crippen molar-refractivity contribution < 1.29 is 17.9 Å². The number of halogens is 2. The highest BCUT2D eigenvalue weighted by atomic mass is 35.5. The molecule has 0 aliphatic carbocycles. The summed E-state index contributed by atoms with van der Waals surface area (Å²) in [4.78, 5) is 12.2. The maximum absolute atomic E-state index is 12.2. The molecule has 0 saturated carbocycles. The predicted octanol–water partition coefficient (Wildman–Crippen LogP) is 3.80. The first-order valence-corrected chi connectivity index (χ1v) is 10.5. The largest absolute Gasteiger partial charge is 0.495 e. The van der Waals surface area contributed by atoms with Gasteiger partial charge in [0.05, 0.1) is 13.2 Å². The van der Waals surface area contributed by atoms with E-state index in [1.54, 1.807) is 31.2 Å². The van der Waals surface area contributed by atoms with Gasteiger partial charge in [0.1, 0.15) is 10.6 Å². The normalized spacial score (nSPS) is 12.8. The number of amides is 1. The second kappa shape index (κ2) is 9.43. The minimum absolute atomic E-state index is 0.0126. The summed E-state index contributed by atoms with van der Waals surface area (Å²) in [7, 11) is -1.00. The maximum atomic E-state index is 12.2. The summed E-state index contributed by atoms with van der Waals surface area (Å²) >= 11 is 12.0. The Hall–Kier alpha value is -2.06. The lowest BCUT2D eigenvalue weighted by atomic mass is 10.1. The number of carbonyl (C=O) groups is 1. The molecule has 6 nitrogen and oxygen atoms in total. The number of rotatable bonds is 7. The van der Waals surface area contributed by atoms with Crippen LogP contribution in [0.5, 0.6) is 5.75 Å². The van der Waals surface area contributed by atoms with Gasteiger partial charge in [0.25, 0.3) is 0 Å². The number of benzene rings is 2. The summed E-state index contributed by atoms with van der Waals surface area (Å²) in [6.45, 7) is 1.80. The first kappa shape index (κ1) is 22.2. The van der Waals surface area contributed by atoms with E-state index in [0.717, 1.165) is 5.56 Å². The molecule has 2 aromatic carbocycles. The van der Waals surface area contributed by atoms with Crippen LogP contribution in [-0.2, 0) is 14.8 Å². The predicted molar refractivity (Wildman–Crippen MR) is 111 cm³/mol. The third kappa shape index (κ3) is 5.48. The van der Waals surface area contributed by atoms with E-state index in [9.17, 15) is 13.2 Å². The summed E-state index contributed by atoms with van der Waals surface area (Å²) in [5.74, 6) is -0.144. The van der Waals surface area contributed by atoms with E-state index >= 15 is 0 Å². The number of hydrogen-bond acceptors (Lipinski definition) is 4. The molecule has 0 radical (unpaired) electrons. The zero-order chi connectivity index (χ0) is 20.9. The van der Waals surface area contributed by atoms with Crippen molar-refractivity contribution in [1.29, 1.82) is 0 Å². The molecule has 9 heteroatoms. The fourth-order valence-electron chi connectivity index (χ4n) is 2.48. The zero-order valence-electron chi connectivity index (χ0n) is 15.5. The Morgan fingerprint density at radius 2 is 1.89 bits per heavy atom. The van der Waals surface area contributed by atoms with Gasteiger partial charge in [-0.1, -0.05) is 35.3 Å². The number of carbonyl (C=O) groups excluding carboxylic acids is 1. The fourth-order valence-corrected chi connectivity index (χ4v) is 3.98. The summed E-state index contributed by atoms with van der Waals surface area (Å²) in [6, 6.07) is 9.32. The molecule has 0 heterocycles. The average Bonchev–Trinajstić information content (AvgIpc) is 2.65. The lowest BCUT2D eigenvalue weighted by molar-refractivity contribution is -0.117. The second-order valence-corrected chi connectivity index (χ2v) is 8.55. The van der Waals surface area contributed by atoms with Gasteiger partial charge in [-0.2, -0.15) is 0 Å². The smallest absolute Gasteiger partial charge is 0.244 e. The van der Waals surface area contributed by atoms with Crippen LogP contribution in [0.15, 0.2) is 47.4 Å². The Morgan fingerprint density at radius 3 is 2.50 bits per heavy atom. The van der Waals surface area contributed by atoms with E-state index in [4.69, 9.17) is 27.9 Å². The molecule has 1 amide bonds. The van der Waals surface area contributed by atoms with E-state index in [2.05, 4.69) is 10.0 Å². The first-order valence-electron chi connectivity index (χ1n) is 8.23. The maximum Gasteiger partial charge on any atom is 0.244 e. The Kier molecular flexibility index (Phi) is 7.48. The van der Waals surface area contributed by atoms with E-state index in [1.165, 1.54) is 38.4 Å². The summed E-state index contributed by atoms with van der Waals surface area (Å²) in [6.07, 6.45) is 2.83. The third-order valence-electron chi connectivity index (χ3n) is 3.96. The molecule has 2 aromatic rings. The van der Waals surface area contributed by atoms with Crippen molar-refractivity contribution in [2.45, 2.75) is 17.9 Å². The van der Waals surface area contributed by atoms with Crippen LogP contribution in [0.25, 0.3) is 6.08 Å². The number of ether oxygens (including phenoxy) is 1. The van der Waals surface area contributed by atoms with Gasteiger partial charge in [0.15, 0.2) is 0 Å². The topological polar surface area (TPSA) is 84.5 Å². The molecule has 0 aliphatic rings. The second-order valence-electron chi connectivity index (χ2n) is 5.85. The van der Waals surface area contributed by atoms with E-state index in [-0.39, 0.29) is 22.6 Å². The molecule has 0 fully saturated rings. The van der Waals surface area contributed by atoms with Gasteiger partial charge >= 0.3 is 0 Å². The Labute approximate surface area is 174 Å². The average molecular weight is 443 g/mol. The molecular weight excluding hydrogens is 423 g/mol. The zero-order valence-corrected chi connectivity index (χ0v) is 17.8. The van der Waals surface area contributed by atoms with Gasteiger partial charge in [0.2, 0.25) is 15.9 Å². The summed E-state index contributed by atoms with van der Waals surface area (Å²) < 4.78 is 31.6. The standard InChI is InChI=1S/C19H20Cl2N2O4S/c1-12(15-7-6-14(20)11-16(15)21)23-19(24)9-5-13-4-8-17(27-3)18(10-13)28(25,26)22-2/h4-12,22H,1-3H3,(H,23,24)/b9-5+. The highest BCUT2D eigenvalue weighted by Crippen LogP contribution is 2.27. The third-order valence-corrected chi connectivity index (χ3v) is 5.96. The molecule has 28 heavy (non-hydrogen) atoms. The summed E-state index contributed by atoms with van der Waals surface area (Å²) in [5, 5.41) is 3.77. The van der Waals surface area contributed by atoms with Crippen molar-refractivity contribution in [2.24, 2.45) is 0 Å². The molecule has 0 saturated heterocycles. The van der Waals surface area contributed by atoms with Gasteiger partial charge in [-0.15, -0.1) is 0 Å². The van der Waals surface area contributed by atoms with Crippen LogP contribution in [0, 0.1) is 0 Å². The molecular formula is C19H20Cl2N2O4S. The highest BCUT2D eigenvalue weighted by molar-refractivity contribution is 7.89. The van der Waals surface area contributed by atoms with Crippen molar-refractivity contribution in [3.8, 4) is 5.75 Å².